The third-order valence-electron chi connectivity index (χ3n) is 2.76. The lowest BCUT2D eigenvalue weighted by Gasteiger charge is -1.99. The van der Waals surface area contributed by atoms with Crippen molar-refractivity contribution < 1.29 is 9.26 Å². The summed E-state index contributed by atoms with van der Waals surface area (Å²) in [6.07, 6.45) is 2.28. The van der Waals surface area contributed by atoms with Gasteiger partial charge >= 0.3 is 0 Å². The zero-order valence-corrected chi connectivity index (χ0v) is 11.6. The SMILES string of the molecule is COc1ccc(Cc2noc(-c3ccsc3N)n2)cn1. The Hall–Kier alpha value is -2.41. The highest BCUT2D eigenvalue weighted by Gasteiger charge is 2.13. The molecule has 0 aliphatic rings. The maximum Gasteiger partial charge on any atom is 0.260 e. The van der Waals surface area contributed by atoms with Gasteiger partial charge in [0.25, 0.3) is 5.89 Å². The third kappa shape index (κ3) is 2.48. The lowest BCUT2D eigenvalue weighted by molar-refractivity contribution is 0.397. The Bertz CT molecular complexity index is 705. The number of nitrogen functional groups attached to an aromatic ring is 1. The average molecular weight is 288 g/mol. The molecule has 3 heterocycles. The van der Waals surface area contributed by atoms with Gasteiger partial charge in [0.15, 0.2) is 5.82 Å². The highest BCUT2D eigenvalue weighted by molar-refractivity contribution is 7.14. The van der Waals surface area contributed by atoms with Gasteiger partial charge in [-0.1, -0.05) is 11.2 Å². The number of aromatic nitrogens is 3. The fourth-order valence-electron chi connectivity index (χ4n) is 1.75. The van der Waals surface area contributed by atoms with Gasteiger partial charge in [-0.2, -0.15) is 4.98 Å². The van der Waals surface area contributed by atoms with E-state index in [2.05, 4.69) is 15.1 Å². The zero-order valence-electron chi connectivity index (χ0n) is 10.7. The van der Waals surface area contributed by atoms with E-state index in [1.807, 2.05) is 17.5 Å². The van der Waals surface area contributed by atoms with Crippen molar-refractivity contribution in [2.45, 2.75) is 6.42 Å². The molecule has 7 heteroatoms. The standard InChI is InChI=1S/C13H12N4O2S/c1-18-11-3-2-8(7-15-11)6-10-16-13(19-17-10)9-4-5-20-12(9)14/h2-5,7H,6,14H2,1H3. The topological polar surface area (TPSA) is 87.1 Å². The maximum absolute atomic E-state index is 5.83. The Balaban J connectivity index is 1.78. The Morgan fingerprint density at radius 2 is 2.25 bits per heavy atom. The molecule has 0 saturated heterocycles. The van der Waals surface area contributed by atoms with Crippen molar-refractivity contribution in [2.75, 3.05) is 12.8 Å². The van der Waals surface area contributed by atoms with Crippen LogP contribution in [0.25, 0.3) is 11.5 Å². The van der Waals surface area contributed by atoms with Crippen molar-refractivity contribution in [1.29, 1.82) is 0 Å². The molecule has 0 radical (unpaired) electrons. The Labute approximate surface area is 119 Å². The summed E-state index contributed by atoms with van der Waals surface area (Å²) in [5.74, 6) is 1.62. The first kappa shape index (κ1) is 12.6. The van der Waals surface area contributed by atoms with Crippen molar-refractivity contribution >= 4 is 16.3 Å². The quantitative estimate of drug-likeness (QED) is 0.793. The molecule has 2 N–H and O–H groups in total. The van der Waals surface area contributed by atoms with Crippen molar-refractivity contribution in [3.05, 3.63) is 41.2 Å². The van der Waals surface area contributed by atoms with Crippen LogP contribution < -0.4 is 10.5 Å². The Kier molecular flexibility index (Phi) is 3.34. The first-order chi connectivity index (χ1) is 9.76. The first-order valence-electron chi connectivity index (χ1n) is 5.91. The van der Waals surface area contributed by atoms with Crippen LogP contribution in [0.5, 0.6) is 5.88 Å². The molecule has 3 rings (SSSR count). The van der Waals surface area contributed by atoms with Gasteiger partial charge in [0.1, 0.15) is 0 Å². The van der Waals surface area contributed by atoms with Gasteiger partial charge in [-0.3, -0.25) is 0 Å². The highest BCUT2D eigenvalue weighted by Crippen LogP contribution is 2.29. The largest absolute Gasteiger partial charge is 0.481 e. The summed E-state index contributed by atoms with van der Waals surface area (Å²) in [5, 5.41) is 6.52. The van der Waals surface area contributed by atoms with Crippen molar-refractivity contribution in [1.82, 2.24) is 15.1 Å². The summed E-state index contributed by atoms with van der Waals surface area (Å²) in [6, 6.07) is 5.58. The van der Waals surface area contributed by atoms with Gasteiger partial charge in [-0.05, 0) is 17.0 Å². The van der Waals surface area contributed by atoms with E-state index in [1.54, 1.807) is 19.4 Å². The van der Waals surface area contributed by atoms with Crippen molar-refractivity contribution in [3.63, 3.8) is 0 Å². The Morgan fingerprint density at radius 1 is 1.35 bits per heavy atom. The summed E-state index contributed by atoms with van der Waals surface area (Å²) < 4.78 is 10.2. The molecule has 0 unspecified atom stereocenters. The van der Waals surface area contributed by atoms with Gasteiger partial charge in [0, 0.05) is 18.7 Å². The molecule has 3 aromatic rings. The van der Waals surface area contributed by atoms with Crippen LogP contribution in [0.4, 0.5) is 5.00 Å². The minimum atomic E-state index is 0.445. The van der Waals surface area contributed by atoms with Crippen molar-refractivity contribution in [2.24, 2.45) is 0 Å². The molecule has 0 spiro atoms. The zero-order chi connectivity index (χ0) is 13.9. The molecule has 0 fully saturated rings. The lowest BCUT2D eigenvalue weighted by atomic mass is 10.2. The maximum atomic E-state index is 5.83. The molecule has 102 valence electrons. The molecule has 20 heavy (non-hydrogen) atoms. The van der Waals surface area contributed by atoms with E-state index in [-0.39, 0.29) is 0 Å². The van der Waals surface area contributed by atoms with E-state index in [9.17, 15) is 0 Å². The molecule has 0 bridgehead atoms. The molecule has 6 nitrogen and oxygen atoms in total. The second-order valence-corrected chi connectivity index (χ2v) is 5.05. The predicted molar refractivity (Wildman–Crippen MR) is 75.6 cm³/mol. The summed E-state index contributed by atoms with van der Waals surface area (Å²) >= 11 is 1.44. The molecule has 0 aliphatic heterocycles. The lowest BCUT2D eigenvalue weighted by Crippen LogP contribution is -1.93. The molecular weight excluding hydrogens is 276 g/mol. The van der Waals surface area contributed by atoms with Crippen LogP contribution in [0.1, 0.15) is 11.4 Å². The fraction of sp³-hybridized carbons (Fsp3) is 0.154. The van der Waals surface area contributed by atoms with E-state index in [0.29, 0.717) is 29.0 Å². The smallest absolute Gasteiger partial charge is 0.260 e. The highest BCUT2D eigenvalue weighted by atomic mass is 32.1. The van der Waals surface area contributed by atoms with Crippen LogP contribution >= 0.6 is 11.3 Å². The van der Waals surface area contributed by atoms with Gasteiger partial charge in [0.2, 0.25) is 5.88 Å². The summed E-state index contributed by atoms with van der Waals surface area (Å²) in [4.78, 5) is 8.48. The van der Waals surface area contributed by atoms with Crippen LogP contribution in [0.2, 0.25) is 0 Å². The van der Waals surface area contributed by atoms with Crippen LogP contribution in [0, 0.1) is 0 Å². The van der Waals surface area contributed by atoms with Crippen LogP contribution in [-0.4, -0.2) is 22.2 Å². The number of hydrogen-bond donors (Lipinski definition) is 1. The molecule has 0 atom stereocenters. The number of hydrogen-bond acceptors (Lipinski definition) is 7. The third-order valence-corrected chi connectivity index (χ3v) is 3.51. The number of methoxy groups -OCH3 is 1. The van der Waals surface area contributed by atoms with Gasteiger partial charge < -0.3 is 15.0 Å². The molecular formula is C13H12N4O2S. The number of anilines is 1. The van der Waals surface area contributed by atoms with Gasteiger partial charge in [0.05, 0.1) is 17.7 Å². The molecule has 0 amide bonds. The van der Waals surface area contributed by atoms with E-state index in [4.69, 9.17) is 15.0 Å². The van der Waals surface area contributed by atoms with Gasteiger partial charge in [-0.15, -0.1) is 11.3 Å². The summed E-state index contributed by atoms with van der Waals surface area (Å²) in [6.45, 7) is 0. The Morgan fingerprint density at radius 3 is 2.90 bits per heavy atom. The van der Waals surface area contributed by atoms with E-state index < -0.39 is 0 Å². The second-order valence-electron chi connectivity index (χ2n) is 4.10. The molecule has 3 aromatic heterocycles. The number of nitrogens with two attached hydrogens (primary N) is 1. The number of nitrogens with zero attached hydrogens (tertiary/aromatic N) is 3. The minimum absolute atomic E-state index is 0.445. The molecule has 0 aliphatic carbocycles. The van der Waals surface area contributed by atoms with Crippen LogP contribution in [0.3, 0.4) is 0 Å². The monoisotopic (exact) mass is 288 g/mol. The number of pyridine rings is 1. The van der Waals surface area contributed by atoms with Crippen molar-refractivity contribution in [3.8, 4) is 17.3 Å². The summed E-state index contributed by atoms with van der Waals surface area (Å²) in [5.41, 5.74) is 7.60. The van der Waals surface area contributed by atoms with Crippen LogP contribution in [-0.2, 0) is 6.42 Å². The first-order valence-corrected chi connectivity index (χ1v) is 6.79. The number of ether oxygens (including phenoxy) is 1. The summed E-state index contributed by atoms with van der Waals surface area (Å²) in [7, 11) is 1.58. The second kappa shape index (κ2) is 5.30. The molecule has 0 aromatic carbocycles. The van der Waals surface area contributed by atoms with E-state index in [0.717, 1.165) is 11.1 Å². The van der Waals surface area contributed by atoms with Gasteiger partial charge in [-0.25, -0.2) is 4.98 Å². The average Bonchev–Trinajstić information content (AvgIpc) is 3.08. The van der Waals surface area contributed by atoms with Crippen LogP contribution in [0.15, 0.2) is 34.3 Å². The van der Waals surface area contributed by atoms with E-state index in [1.165, 1.54) is 11.3 Å². The van der Waals surface area contributed by atoms with E-state index >= 15 is 0 Å². The number of thiophene rings is 1. The number of rotatable bonds is 4. The normalized spacial score (nSPS) is 10.7. The fourth-order valence-corrected chi connectivity index (χ4v) is 2.38. The predicted octanol–water partition coefficient (Wildman–Crippen LogP) is 2.37. The molecule has 0 saturated carbocycles. The minimum Gasteiger partial charge on any atom is -0.481 e.